The van der Waals surface area contributed by atoms with Gasteiger partial charge in [0.2, 0.25) is 11.7 Å². The van der Waals surface area contributed by atoms with Gasteiger partial charge < -0.3 is 4.52 Å². The number of thiophene rings is 1. The highest BCUT2D eigenvalue weighted by Crippen LogP contribution is 2.51. The van der Waals surface area contributed by atoms with E-state index in [0.29, 0.717) is 33.9 Å². The summed E-state index contributed by atoms with van der Waals surface area (Å²) in [7, 11) is 2.22. The van der Waals surface area contributed by atoms with Crippen molar-refractivity contribution in [2.45, 2.75) is 43.2 Å². The summed E-state index contributed by atoms with van der Waals surface area (Å²) < 4.78 is 5.79. The molecule has 2 bridgehead atoms. The van der Waals surface area contributed by atoms with E-state index in [1.54, 1.807) is 11.3 Å². The van der Waals surface area contributed by atoms with E-state index in [4.69, 9.17) is 32.7 Å². The number of benzene rings is 1. The van der Waals surface area contributed by atoms with E-state index >= 15 is 0 Å². The molecule has 4 atom stereocenters. The molecule has 4 nitrogen and oxygen atoms in total. The number of fused-ring (bicyclic) bond motifs is 2. The summed E-state index contributed by atoms with van der Waals surface area (Å²) in [5, 5.41) is 7.48. The lowest BCUT2D eigenvalue weighted by Crippen LogP contribution is -2.44. The molecule has 1 aromatic carbocycles. The molecule has 3 aromatic rings. The van der Waals surface area contributed by atoms with Gasteiger partial charge in [0.1, 0.15) is 0 Å². The largest absolute Gasteiger partial charge is 0.339 e. The van der Waals surface area contributed by atoms with Crippen molar-refractivity contribution in [3.05, 3.63) is 57.2 Å². The second-order valence-corrected chi connectivity index (χ2v) is 9.20. The fourth-order valence-corrected chi connectivity index (χ4v) is 5.72. The Morgan fingerprint density at radius 2 is 2.07 bits per heavy atom. The van der Waals surface area contributed by atoms with Gasteiger partial charge in [-0.1, -0.05) is 40.5 Å². The Morgan fingerprint density at radius 1 is 1.19 bits per heavy atom. The van der Waals surface area contributed by atoms with Gasteiger partial charge in [-0.2, -0.15) is 4.98 Å². The van der Waals surface area contributed by atoms with E-state index in [-0.39, 0.29) is 5.92 Å². The molecule has 0 aliphatic carbocycles. The van der Waals surface area contributed by atoms with Crippen molar-refractivity contribution >= 4 is 34.5 Å². The first-order chi connectivity index (χ1) is 13.1. The Labute approximate surface area is 172 Å². The van der Waals surface area contributed by atoms with Gasteiger partial charge in [0.15, 0.2) is 0 Å². The number of aromatic nitrogens is 2. The first-order valence-corrected chi connectivity index (χ1v) is 10.8. The number of hydrogen-bond donors (Lipinski definition) is 0. The van der Waals surface area contributed by atoms with Crippen LogP contribution in [0.15, 0.2) is 40.2 Å². The number of halogens is 2. The van der Waals surface area contributed by atoms with E-state index in [1.165, 1.54) is 12.0 Å². The molecule has 0 radical (unpaired) electrons. The highest BCUT2D eigenvalue weighted by molar-refractivity contribution is 7.13. The van der Waals surface area contributed by atoms with Crippen molar-refractivity contribution in [1.82, 2.24) is 15.0 Å². The van der Waals surface area contributed by atoms with E-state index < -0.39 is 0 Å². The average Bonchev–Trinajstić information content (AvgIpc) is 3.38. The first-order valence-electron chi connectivity index (χ1n) is 9.16. The summed E-state index contributed by atoms with van der Waals surface area (Å²) in [6.07, 6.45) is 3.42. The predicted molar refractivity (Wildman–Crippen MR) is 109 cm³/mol. The molecule has 1 unspecified atom stereocenters. The van der Waals surface area contributed by atoms with E-state index in [1.807, 2.05) is 29.6 Å². The Hall–Kier alpha value is -1.40. The highest BCUT2D eigenvalue weighted by atomic mass is 35.5. The summed E-state index contributed by atoms with van der Waals surface area (Å²) in [6, 6.07) is 11.0. The van der Waals surface area contributed by atoms with Gasteiger partial charge in [0.25, 0.3) is 0 Å². The van der Waals surface area contributed by atoms with Crippen LogP contribution in [0.3, 0.4) is 0 Å². The summed E-state index contributed by atoms with van der Waals surface area (Å²) in [5.41, 5.74) is 1.20. The zero-order valence-corrected chi connectivity index (χ0v) is 17.1. The second-order valence-electron chi connectivity index (χ2n) is 7.44. The third-order valence-electron chi connectivity index (χ3n) is 6.11. The Kier molecular flexibility index (Phi) is 4.51. The summed E-state index contributed by atoms with van der Waals surface area (Å²) in [6.45, 7) is 0. The van der Waals surface area contributed by atoms with Gasteiger partial charge in [-0.15, -0.1) is 11.3 Å². The smallest absolute Gasteiger partial charge is 0.232 e. The number of hydrogen-bond acceptors (Lipinski definition) is 5. The molecule has 2 saturated heterocycles. The van der Waals surface area contributed by atoms with Crippen molar-refractivity contribution in [2.75, 3.05) is 7.05 Å². The molecule has 27 heavy (non-hydrogen) atoms. The lowest BCUT2D eigenvalue weighted by Gasteiger charge is -2.41. The van der Waals surface area contributed by atoms with Gasteiger partial charge in [0, 0.05) is 12.1 Å². The van der Waals surface area contributed by atoms with Gasteiger partial charge >= 0.3 is 0 Å². The van der Waals surface area contributed by atoms with Gasteiger partial charge in [-0.05, 0) is 61.4 Å². The highest BCUT2D eigenvalue weighted by Gasteiger charge is 2.49. The lowest BCUT2D eigenvalue weighted by atomic mass is 9.76. The van der Waals surface area contributed by atoms with Crippen molar-refractivity contribution in [3.63, 3.8) is 0 Å². The molecule has 2 fully saturated rings. The van der Waals surface area contributed by atoms with Crippen molar-refractivity contribution in [3.8, 4) is 10.7 Å². The van der Waals surface area contributed by atoms with Crippen LogP contribution in [0.1, 0.15) is 42.6 Å². The maximum absolute atomic E-state index is 6.32. The van der Waals surface area contributed by atoms with Gasteiger partial charge in [-0.25, -0.2) is 0 Å². The fourth-order valence-electron chi connectivity index (χ4n) is 4.77. The number of nitrogens with zero attached hydrogens (tertiary/aromatic N) is 3. The minimum atomic E-state index is 0.159. The van der Waals surface area contributed by atoms with Crippen molar-refractivity contribution in [2.24, 2.45) is 0 Å². The SMILES string of the molecule is CN1C2CC[C@@H]1[C@H](c1nc(-c3cccs3)no1)[C@@H](c1ccc(Cl)c(Cl)c1)C2. The molecule has 7 heteroatoms. The molecule has 140 valence electrons. The molecule has 0 saturated carbocycles. The molecule has 2 aliphatic rings. The minimum absolute atomic E-state index is 0.159. The van der Waals surface area contributed by atoms with Crippen LogP contribution in [0.4, 0.5) is 0 Å². The van der Waals surface area contributed by atoms with Crippen LogP contribution in [0, 0.1) is 0 Å². The van der Waals surface area contributed by atoms with Crippen LogP contribution in [-0.4, -0.2) is 34.2 Å². The molecular formula is C20H19Cl2N3OS. The van der Waals surface area contributed by atoms with Crippen LogP contribution in [0.5, 0.6) is 0 Å². The maximum atomic E-state index is 6.32. The normalized spacial score (nSPS) is 28.0. The van der Waals surface area contributed by atoms with E-state index in [0.717, 1.165) is 23.6 Å². The number of likely N-dealkylation sites (N-methyl/N-ethyl adjacent to an activating group) is 1. The standard InChI is InChI=1S/C20H19Cl2N3OS/c1-25-12-5-7-16(25)18(13(10-12)11-4-6-14(21)15(22)9-11)20-23-19(24-26-20)17-3-2-8-27-17/h2-4,6,8-9,12-13,16,18H,5,7,10H2,1H3/t12?,13-,16-,18-/m1/s1. The molecule has 0 spiro atoms. The predicted octanol–water partition coefficient (Wildman–Crippen LogP) is 5.84. The summed E-state index contributed by atoms with van der Waals surface area (Å²) in [4.78, 5) is 8.32. The maximum Gasteiger partial charge on any atom is 0.232 e. The minimum Gasteiger partial charge on any atom is -0.339 e. The summed E-state index contributed by atoms with van der Waals surface area (Å²) in [5.74, 6) is 1.86. The number of piperidine rings is 1. The quantitative estimate of drug-likeness (QED) is 0.534. The Morgan fingerprint density at radius 3 is 2.85 bits per heavy atom. The zero-order valence-electron chi connectivity index (χ0n) is 14.8. The Bertz CT molecular complexity index is 958. The van der Waals surface area contributed by atoms with Crippen LogP contribution < -0.4 is 0 Å². The first kappa shape index (κ1) is 17.7. The van der Waals surface area contributed by atoms with Crippen LogP contribution in [0.25, 0.3) is 10.7 Å². The van der Waals surface area contributed by atoms with Gasteiger partial charge in [0.05, 0.1) is 20.8 Å². The average molecular weight is 420 g/mol. The molecule has 4 heterocycles. The second kappa shape index (κ2) is 6.89. The van der Waals surface area contributed by atoms with Crippen LogP contribution in [-0.2, 0) is 0 Å². The van der Waals surface area contributed by atoms with Crippen molar-refractivity contribution in [1.29, 1.82) is 0 Å². The molecule has 0 N–H and O–H groups in total. The van der Waals surface area contributed by atoms with Crippen molar-refractivity contribution < 1.29 is 4.52 Å². The van der Waals surface area contributed by atoms with E-state index in [9.17, 15) is 0 Å². The monoisotopic (exact) mass is 419 g/mol. The molecular weight excluding hydrogens is 401 g/mol. The Balaban J connectivity index is 1.56. The fraction of sp³-hybridized carbons (Fsp3) is 0.400. The topological polar surface area (TPSA) is 42.2 Å². The van der Waals surface area contributed by atoms with Crippen LogP contribution >= 0.6 is 34.5 Å². The molecule has 2 aromatic heterocycles. The molecule has 2 aliphatic heterocycles. The number of rotatable bonds is 3. The van der Waals surface area contributed by atoms with Gasteiger partial charge in [-0.3, -0.25) is 4.90 Å². The lowest BCUT2D eigenvalue weighted by molar-refractivity contribution is 0.120. The third kappa shape index (κ3) is 3.01. The molecule has 0 amide bonds. The van der Waals surface area contributed by atoms with E-state index in [2.05, 4.69) is 23.2 Å². The molecule has 5 rings (SSSR count). The summed E-state index contributed by atoms with van der Waals surface area (Å²) >= 11 is 14.1. The van der Waals surface area contributed by atoms with Crippen LogP contribution in [0.2, 0.25) is 10.0 Å². The third-order valence-corrected chi connectivity index (χ3v) is 7.71. The zero-order chi connectivity index (χ0) is 18.5.